The minimum atomic E-state index is 0. The monoisotopic (exact) mass is 456 g/mol. The number of hydrogen-bond donors (Lipinski definition) is 2. The van der Waals surface area contributed by atoms with Crippen molar-refractivity contribution in [2.24, 2.45) is 4.99 Å². The molecule has 0 amide bonds. The number of halogens is 1. The molecule has 0 spiro atoms. The summed E-state index contributed by atoms with van der Waals surface area (Å²) in [7, 11) is 1.81. The Balaban J connectivity index is 0.00000225. The van der Waals surface area contributed by atoms with Gasteiger partial charge in [-0.2, -0.15) is 0 Å². The van der Waals surface area contributed by atoms with E-state index < -0.39 is 0 Å². The molecule has 0 saturated carbocycles. The predicted octanol–water partition coefficient (Wildman–Crippen LogP) is 1.60. The van der Waals surface area contributed by atoms with Gasteiger partial charge < -0.3 is 24.8 Å². The molecule has 7 nitrogen and oxygen atoms in total. The number of nitrogens with one attached hydrogen (secondary N) is 1. The molecule has 8 heteroatoms. The zero-order valence-corrected chi connectivity index (χ0v) is 16.7. The van der Waals surface area contributed by atoms with E-state index in [0.717, 1.165) is 50.9 Å². The van der Waals surface area contributed by atoms with Gasteiger partial charge in [0, 0.05) is 58.7 Å². The summed E-state index contributed by atoms with van der Waals surface area (Å²) >= 11 is 0. The minimum absolute atomic E-state index is 0. The van der Waals surface area contributed by atoms with E-state index >= 15 is 0 Å². The lowest BCUT2D eigenvalue weighted by Gasteiger charge is -2.37. The number of phenols is 1. The Bertz CT molecular complexity index is 668. The van der Waals surface area contributed by atoms with Gasteiger partial charge in [0.25, 0.3) is 0 Å². The van der Waals surface area contributed by atoms with Crippen molar-refractivity contribution < 1.29 is 5.11 Å². The molecule has 1 aliphatic rings. The molecule has 1 saturated heterocycles. The fraction of sp³-hybridized carbons (Fsp3) is 0.412. The van der Waals surface area contributed by atoms with Crippen molar-refractivity contribution in [2.75, 3.05) is 44.7 Å². The summed E-state index contributed by atoms with van der Waals surface area (Å²) in [6.07, 6.45) is 5.55. The van der Waals surface area contributed by atoms with Crippen molar-refractivity contribution in [3.8, 4) is 5.75 Å². The van der Waals surface area contributed by atoms with Crippen LogP contribution in [0.5, 0.6) is 5.75 Å². The normalized spacial score (nSPS) is 15.0. The fourth-order valence-electron chi connectivity index (χ4n) is 2.94. The summed E-state index contributed by atoms with van der Waals surface area (Å²) in [5.41, 5.74) is 0.903. The van der Waals surface area contributed by atoms with Crippen LogP contribution in [0.25, 0.3) is 0 Å². The van der Waals surface area contributed by atoms with Crippen LogP contribution in [0.2, 0.25) is 0 Å². The number of para-hydroxylation sites is 2. The van der Waals surface area contributed by atoms with Crippen LogP contribution >= 0.6 is 24.0 Å². The number of phenolic OH excluding ortho intramolecular Hbond substituents is 1. The Morgan fingerprint density at radius 2 is 2.00 bits per heavy atom. The van der Waals surface area contributed by atoms with Crippen LogP contribution in [0.1, 0.15) is 0 Å². The molecule has 0 bridgehead atoms. The van der Waals surface area contributed by atoms with Gasteiger partial charge in [-0.1, -0.05) is 12.1 Å². The van der Waals surface area contributed by atoms with E-state index in [4.69, 9.17) is 0 Å². The molecule has 1 fully saturated rings. The third kappa shape index (κ3) is 5.00. The molecule has 0 unspecified atom stereocenters. The largest absolute Gasteiger partial charge is 0.506 e. The first-order valence-electron chi connectivity index (χ1n) is 8.22. The number of aromatic hydroxyl groups is 1. The van der Waals surface area contributed by atoms with E-state index in [1.807, 2.05) is 42.3 Å². The van der Waals surface area contributed by atoms with E-state index in [1.54, 1.807) is 12.3 Å². The summed E-state index contributed by atoms with van der Waals surface area (Å²) in [5.74, 6) is 1.26. The van der Waals surface area contributed by atoms with E-state index in [0.29, 0.717) is 5.75 Å². The van der Waals surface area contributed by atoms with Crippen LogP contribution in [-0.2, 0) is 6.54 Å². The number of benzene rings is 1. The Labute approximate surface area is 165 Å². The number of guanidine groups is 1. The lowest BCUT2D eigenvalue weighted by atomic mass is 10.2. The van der Waals surface area contributed by atoms with Gasteiger partial charge in [-0.25, -0.2) is 4.98 Å². The smallest absolute Gasteiger partial charge is 0.193 e. The maximum absolute atomic E-state index is 9.99. The van der Waals surface area contributed by atoms with Gasteiger partial charge >= 0.3 is 0 Å². The number of piperazine rings is 1. The summed E-state index contributed by atoms with van der Waals surface area (Å²) in [6.45, 7) is 5.14. The van der Waals surface area contributed by atoms with Gasteiger partial charge in [0.2, 0.25) is 0 Å². The summed E-state index contributed by atoms with van der Waals surface area (Å²) in [6, 6.07) is 7.50. The molecule has 2 heterocycles. The summed E-state index contributed by atoms with van der Waals surface area (Å²) in [4.78, 5) is 12.9. The highest BCUT2D eigenvalue weighted by Gasteiger charge is 2.21. The van der Waals surface area contributed by atoms with Crippen molar-refractivity contribution in [3.05, 3.63) is 43.0 Å². The lowest BCUT2D eigenvalue weighted by Crippen LogP contribution is -2.52. The first kappa shape index (κ1) is 19.4. The van der Waals surface area contributed by atoms with Crippen molar-refractivity contribution in [2.45, 2.75) is 6.54 Å². The van der Waals surface area contributed by atoms with Crippen molar-refractivity contribution in [1.82, 2.24) is 19.8 Å². The quantitative estimate of drug-likeness (QED) is 0.416. The maximum Gasteiger partial charge on any atom is 0.193 e. The number of aromatic nitrogens is 2. The highest BCUT2D eigenvalue weighted by Crippen LogP contribution is 2.27. The molecule has 0 aliphatic carbocycles. The van der Waals surface area contributed by atoms with Crippen molar-refractivity contribution in [3.63, 3.8) is 0 Å². The van der Waals surface area contributed by atoms with E-state index in [2.05, 4.69) is 25.1 Å². The second-order valence-electron chi connectivity index (χ2n) is 5.74. The molecular formula is C17H25IN6O. The van der Waals surface area contributed by atoms with Gasteiger partial charge in [-0.15, -0.1) is 24.0 Å². The third-order valence-electron chi connectivity index (χ3n) is 4.23. The molecule has 2 N–H and O–H groups in total. The van der Waals surface area contributed by atoms with Gasteiger partial charge in [-0.3, -0.25) is 4.99 Å². The number of imidazole rings is 1. The van der Waals surface area contributed by atoms with Crippen LogP contribution < -0.4 is 10.2 Å². The molecule has 1 aromatic carbocycles. The Morgan fingerprint density at radius 1 is 1.24 bits per heavy atom. The van der Waals surface area contributed by atoms with Crippen LogP contribution in [0, 0.1) is 0 Å². The number of nitrogens with zero attached hydrogens (tertiary/aromatic N) is 5. The third-order valence-corrected chi connectivity index (χ3v) is 4.23. The second-order valence-corrected chi connectivity index (χ2v) is 5.74. The van der Waals surface area contributed by atoms with E-state index in [-0.39, 0.29) is 24.0 Å². The molecule has 1 aliphatic heterocycles. The Kier molecular flexibility index (Phi) is 7.35. The molecular weight excluding hydrogens is 431 g/mol. The molecule has 0 radical (unpaired) electrons. The average Bonchev–Trinajstić information content (AvgIpc) is 3.13. The molecule has 1 aromatic heterocycles. The zero-order chi connectivity index (χ0) is 16.8. The standard InChI is InChI=1S/C17H24N6O.HI/c1-18-17(20-7-9-21-8-6-19-14-21)23-12-10-22(11-13-23)15-4-2-3-5-16(15)24;/h2-6,8,14,24H,7,9-13H2,1H3,(H,18,20);1H. The average molecular weight is 456 g/mol. The summed E-state index contributed by atoms with van der Waals surface area (Å²) in [5, 5.41) is 13.4. The first-order chi connectivity index (χ1) is 11.8. The second kappa shape index (κ2) is 9.50. The highest BCUT2D eigenvalue weighted by molar-refractivity contribution is 14.0. The minimum Gasteiger partial charge on any atom is -0.506 e. The molecule has 136 valence electrons. The van der Waals surface area contributed by atoms with Gasteiger partial charge in [0.05, 0.1) is 12.0 Å². The van der Waals surface area contributed by atoms with Gasteiger partial charge in [0.15, 0.2) is 5.96 Å². The summed E-state index contributed by atoms with van der Waals surface area (Å²) < 4.78 is 2.04. The van der Waals surface area contributed by atoms with Crippen LogP contribution in [0.3, 0.4) is 0 Å². The van der Waals surface area contributed by atoms with Crippen molar-refractivity contribution >= 4 is 35.6 Å². The maximum atomic E-state index is 9.99. The number of aliphatic imine (C=N–C) groups is 1. The molecule has 3 rings (SSSR count). The SMILES string of the molecule is CN=C(NCCn1ccnc1)N1CCN(c2ccccc2O)CC1.I. The van der Waals surface area contributed by atoms with Crippen LogP contribution in [0.4, 0.5) is 5.69 Å². The number of hydrogen-bond acceptors (Lipinski definition) is 4. The number of rotatable bonds is 4. The molecule has 25 heavy (non-hydrogen) atoms. The van der Waals surface area contributed by atoms with Gasteiger partial charge in [-0.05, 0) is 12.1 Å². The van der Waals surface area contributed by atoms with E-state index in [9.17, 15) is 5.11 Å². The number of anilines is 1. The Morgan fingerprint density at radius 3 is 2.64 bits per heavy atom. The molecule has 2 aromatic rings. The Hall–Kier alpha value is -1.97. The fourth-order valence-corrected chi connectivity index (χ4v) is 2.94. The first-order valence-corrected chi connectivity index (χ1v) is 8.22. The molecule has 0 atom stereocenters. The van der Waals surface area contributed by atoms with Crippen LogP contribution in [-0.4, -0.2) is 65.3 Å². The van der Waals surface area contributed by atoms with Crippen LogP contribution in [0.15, 0.2) is 48.0 Å². The lowest BCUT2D eigenvalue weighted by molar-refractivity contribution is 0.369. The van der Waals surface area contributed by atoms with Crippen molar-refractivity contribution in [1.29, 1.82) is 0 Å². The van der Waals surface area contributed by atoms with E-state index in [1.165, 1.54) is 0 Å². The topological polar surface area (TPSA) is 68.9 Å². The predicted molar refractivity (Wildman–Crippen MR) is 111 cm³/mol. The van der Waals surface area contributed by atoms with Gasteiger partial charge in [0.1, 0.15) is 5.75 Å². The highest BCUT2D eigenvalue weighted by atomic mass is 127. The zero-order valence-electron chi connectivity index (χ0n) is 14.4.